The number of sulfonamides is 1. The van der Waals surface area contributed by atoms with Crippen molar-refractivity contribution in [1.29, 1.82) is 0 Å². The average Bonchev–Trinajstić information content (AvgIpc) is 2.67. The maximum atomic E-state index is 12.0. The molecule has 0 unspecified atom stereocenters. The summed E-state index contributed by atoms with van der Waals surface area (Å²) in [6.07, 6.45) is 1.38. The van der Waals surface area contributed by atoms with Crippen LogP contribution in [0, 0.1) is 6.92 Å². The fourth-order valence-corrected chi connectivity index (χ4v) is 3.99. The van der Waals surface area contributed by atoms with Crippen LogP contribution >= 0.6 is 11.8 Å². The van der Waals surface area contributed by atoms with Crippen LogP contribution in [-0.2, 0) is 10.0 Å². The molecule has 0 aromatic carbocycles. The van der Waals surface area contributed by atoms with Crippen molar-refractivity contribution in [2.75, 3.05) is 24.6 Å². The maximum Gasteiger partial charge on any atom is 0.260 e. The molecule has 15 heavy (non-hydrogen) atoms. The summed E-state index contributed by atoms with van der Waals surface area (Å²) in [5.74, 6) is 2.36. The molecular formula is C8H13N3O2S2. The lowest BCUT2D eigenvalue weighted by Gasteiger charge is -2.24. The van der Waals surface area contributed by atoms with Crippen molar-refractivity contribution < 1.29 is 8.42 Å². The Kier molecular flexibility index (Phi) is 3.03. The van der Waals surface area contributed by atoms with Gasteiger partial charge in [0.1, 0.15) is 5.82 Å². The fraction of sp³-hybridized carbons (Fsp3) is 0.625. The Hall–Kier alpha value is -0.530. The smallest absolute Gasteiger partial charge is 0.260 e. The number of aromatic amines is 1. The molecular weight excluding hydrogens is 234 g/mol. The van der Waals surface area contributed by atoms with Crippen LogP contribution in [0.15, 0.2) is 11.2 Å². The van der Waals surface area contributed by atoms with Crippen molar-refractivity contribution in [2.45, 2.75) is 11.9 Å². The molecule has 1 aliphatic rings. The quantitative estimate of drug-likeness (QED) is 0.824. The summed E-state index contributed by atoms with van der Waals surface area (Å²) in [7, 11) is -3.34. The van der Waals surface area contributed by atoms with Crippen LogP contribution in [0.5, 0.6) is 0 Å². The molecule has 0 spiro atoms. The molecule has 0 saturated carbocycles. The van der Waals surface area contributed by atoms with Crippen LogP contribution < -0.4 is 0 Å². The molecule has 1 N–H and O–H groups in total. The molecule has 1 saturated heterocycles. The van der Waals surface area contributed by atoms with Crippen molar-refractivity contribution in [3.63, 3.8) is 0 Å². The molecule has 2 heterocycles. The summed E-state index contributed by atoms with van der Waals surface area (Å²) in [6.45, 7) is 2.92. The van der Waals surface area contributed by atoms with E-state index in [1.807, 2.05) is 0 Å². The zero-order valence-corrected chi connectivity index (χ0v) is 10.1. The number of H-pyrrole nitrogens is 1. The molecule has 1 aromatic rings. The highest BCUT2D eigenvalue weighted by Gasteiger charge is 2.27. The van der Waals surface area contributed by atoms with E-state index in [0.29, 0.717) is 18.9 Å². The highest BCUT2D eigenvalue weighted by Crippen LogP contribution is 2.18. The second-order valence-electron chi connectivity index (χ2n) is 3.35. The van der Waals surface area contributed by atoms with Crippen LogP contribution in [-0.4, -0.2) is 47.3 Å². The van der Waals surface area contributed by atoms with Gasteiger partial charge < -0.3 is 4.98 Å². The molecule has 1 aromatic heterocycles. The molecule has 0 aliphatic carbocycles. The maximum absolute atomic E-state index is 12.0. The summed E-state index contributed by atoms with van der Waals surface area (Å²) < 4.78 is 25.6. The third-order valence-corrected chi connectivity index (χ3v) is 5.02. The summed E-state index contributed by atoms with van der Waals surface area (Å²) in [4.78, 5) is 6.68. The molecule has 7 heteroatoms. The number of nitrogens with zero attached hydrogens (tertiary/aromatic N) is 2. The molecule has 0 radical (unpaired) electrons. The summed E-state index contributed by atoms with van der Waals surface area (Å²) in [5, 5.41) is 0.201. The molecule has 84 valence electrons. The lowest BCUT2D eigenvalue weighted by Crippen LogP contribution is -2.38. The summed E-state index contributed by atoms with van der Waals surface area (Å²) >= 11 is 1.78. The van der Waals surface area contributed by atoms with Gasteiger partial charge in [0.25, 0.3) is 10.0 Å². The van der Waals surface area contributed by atoms with Gasteiger partial charge in [-0.1, -0.05) is 0 Å². The van der Waals surface area contributed by atoms with E-state index < -0.39 is 10.0 Å². The van der Waals surface area contributed by atoms with Crippen LogP contribution in [0.1, 0.15) is 5.82 Å². The third kappa shape index (κ3) is 2.19. The summed E-state index contributed by atoms with van der Waals surface area (Å²) in [6, 6.07) is 0. The van der Waals surface area contributed by atoms with E-state index in [2.05, 4.69) is 9.97 Å². The van der Waals surface area contributed by atoms with Crippen molar-refractivity contribution >= 4 is 21.8 Å². The fourth-order valence-electron chi connectivity index (χ4n) is 1.46. The van der Waals surface area contributed by atoms with E-state index in [1.54, 1.807) is 18.7 Å². The van der Waals surface area contributed by atoms with Gasteiger partial charge in [-0.2, -0.15) is 16.1 Å². The molecule has 1 fully saturated rings. The molecule has 5 nitrogen and oxygen atoms in total. The van der Waals surface area contributed by atoms with E-state index in [9.17, 15) is 8.42 Å². The number of aromatic nitrogens is 2. The SMILES string of the molecule is Cc1ncc(S(=O)(=O)N2CCSCC2)[nH]1. The lowest BCUT2D eigenvalue weighted by atomic mass is 10.6. The van der Waals surface area contributed by atoms with E-state index in [4.69, 9.17) is 0 Å². The molecule has 2 rings (SSSR count). The molecule has 1 aliphatic heterocycles. The van der Waals surface area contributed by atoms with E-state index in [-0.39, 0.29) is 5.03 Å². The normalized spacial score (nSPS) is 19.3. The number of aryl methyl sites for hydroxylation is 1. The predicted molar refractivity (Wildman–Crippen MR) is 59.4 cm³/mol. The second kappa shape index (κ2) is 4.15. The number of imidazole rings is 1. The van der Waals surface area contributed by atoms with Crippen LogP contribution in [0.4, 0.5) is 0 Å². The first kappa shape index (κ1) is 11.0. The number of hydrogen-bond acceptors (Lipinski definition) is 4. The Morgan fingerprint density at radius 1 is 1.47 bits per heavy atom. The van der Waals surface area contributed by atoms with E-state index in [0.717, 1.165) is 11.5 Å². The van der Waals surface area contributed by atoms with Crippen molar-refractivity contribution in [1.82, 2.24) is 14.3 Å². The van der Waals surface area contributed by atoms with Gasteiger partial charge in [0.2, 0.25) is 0 Å². The van der Waals surface area contributed by atoms with Gasteiger partial charge in [-0.15, -0.1) is 0 Å². The number of thioether (sulfide) groups is 1. The van der Waals surface area contributed by atoms with Crippen molar-refractivity contribution in [3.8, 4) is 0 Å². The van der Waals surface area contributed by atoms with E-state index >= 15 is 0 Å². The lowest BCUT2D eigenvalue weighted by molar-refractivity contribution is 0.441. The first-order chi connectivity index (χ1) is 7.10. The monoisotopic (exact) mass is 247 g/mol. The van der Waals surface area contributed by atoms with Gasteiger partial charge in [0, 0.05) is 24.6 Å². The topological polar surface area (TPSA) is 66.1 Å². The third-order valence-electron chi connectivity index (χ3n) is 2.27. The van der Waals surface area contributed by atoms with Gasteiger partial charge in [-0.25, -0.2) is 13.4 Å². The van der Waals surface area contributed by atoms with Gasteiger partial charge in [0.05, 0.1) is 6.20 Å². The van der Waals surface area contributed by atoms with Gasteiger partial charge in [-0.05, 0) is 6.92 Å². The number of rotatable bonds is 2. The Morgan fingerprint density at radius 2 is 2.13 bits per heavy atom. The molecule has 0 amide bonds. The standard InChI is InChI=1S/C8H13N3O2S2/c1-7-9-6-8(10-7)15(12,13)11-2-4-14-5-3-11/h6H,2-5H2,1H3,(H,9,10). The Labute approximate surface area is 93.3 Å². The first-order valence-electron chi connectivity index (χ1n) is 4.70. The predicted octanol–water partition coefficient (Wildman–Crippen LogP) is 0.456. The van der Waals surface area contributed by atoms with Crippen LogP contribution in [0.3, 0.4) is 0 Å². The Bertz CT molecular complexity index is 434. The highest BCUT2D eigenvalue weighted by molar-refractivity contribution is 7.99. The summed E-state index contributed by atoms with van der Waals surface area (Å²) in [5.41, 5.74) is 0. The zero-order chi connectivity index (χ0) is 10.9. The second-order valence-corrected chi connectivity index (χ2v) is 6.48. The Morgan fingerprint density at radius 3 is 2.67 bits per heavy atom. The largest absolute Gasteiger partial charge is 0.332 e. The first-order valence-corrected chi connectivity index (χ1v) is 7.30. The minimum absolute atomic E-state index is 0.201. The Balaban J connectivity index is 2.26. The van der Waals surface area contributed by atoms with Crippen molar-refractivity contribution in [2.24, 2.45) is 0 Å². The average molecular weight is 247 g/mol. The minimum atomic E-state index is -3.34. The molecule has 0 bridgehead atoms. The van der Waals surface area contributed by atoms with Crippen molar-refractivity contribution in [3.05, 3.63) is 12.0 Å². The number of nitrogens with one attached hydrogen (secondary N) is 1. The van der Waals surface area contributed by atoms with Crippen LogP contribution in [0.2, 0.25) is 0 Å². The molecule has 0 atom stereocenters. The van der Waals surface area contributed by atoms with Gasteiger partial charge >= 0.3 is 0 Å². The van der Waals surface area contributed by atoms with E-state index in [1.165, 1.54) is 10.5 Å². The van der Waals surface area contributed by atoms with Gasteiger partial charge in [0.15, 0.2) is 5.03 Å². The zero-order valence-electron chi connectivity index (χ0n) is 8.43. The minimum Gasteiger partial charge on any atom is -0.332 e. The number of hydrogen-bond donors (Lipinski definition) is 1. The van der Waals surface area contributed by atoms with Crippen LogP contribution in [0.25, 0.3) is 0 Å². The highest BCUT2D eigenvalue weighted by atomic mass is 32.2. The van der Waals surface area contributed by atoms with Gasteiger partial charge in [-0.3, -0.25) is 0 Å².